The molecule has 1 saturated heterocycles. The van der Waals surface area contributed by atoms with Crippen LogP contribution in [0.1, 0.15) is 26.7 Å². The molecular formula is C13H24N2S. The lowest BCUT2D eigenvalue weighted by Crippen LogP contribution is -2.48. The predicted octanol–water partition coefficient (Wildman–Crippen LogP) is 1.82. The Morgan fingerprint density at radius 2 is 2.38 bits per heavy atom. The molecule has 0 spiro atoms. The van der Waals surface area contributed by atoms with Crippen LogP contribution in [0.5, 0.6) is 0 Å². The zero-order valence-corrected chi connectivity index (χ0v) is 11.4. The molecular weight excluding hydrogens is 216 g/mol. The number of rotatable bonds is 6. The van der Waals surface area contributed by atoms with Gasteiger partial charge in [-0.2, -0.15) is 0 Å². The van der Waals surface area contributed by atoms with Crippen molar-refractivity contribution >= 4 is 11.8 Å². The molecule has 0 saturated carbocycles. The Kier molecular flexibility index (Phi) is 6.95. The molecule has 3 heteroatoms. The quantitative estimate of drug-likeness (QED) is 0.563. The van der Waals surface area contributed by atoms with Crippen LogP contribution in [0.15, 0.2) is 0 Å². The number of hydrogen-bond acceptors (Lipinski definition) is 3. The first-order chi connectivity index (χ1) is 7.77. The van der Waals surface area contributed by atoms with Crippen LogP contribution in [0, 0.1) is 12.3 Å². The highest BCUT2D eigenvalue weighted by Gasteiger charge is 2.23. The van der Waals surface area contributed by atoms with Crippen molar-refractivity contribution in [2.45, 2.75) is 38.8 Å². The van der Waals surface area contributed by atoms with Crippen molar-refractivity contribution in [3.05, 3.63) is 0 Å². The smallest absolute Gasteiger partial charge is 0.0545 e. The van der Waals surface area contributed by atoms with Gasteiger partial charge in [-0.15, -0.1) is 18.2 Å². The summed E-state index contributed by atoms with van der Waals surface area (Å²) in [6, 6.07) is 1.44. The second-order valence-corrected chi connectivity index (χ2v) is 5.53. The van der Waals surface area contributed by atoms with E-state index in [1.165, 1.54) is 31.7 Å². The highest BCUT2D eigenvalue weighted by Crippen LogP contribution is 2.17. The molecule has 0 radical (unpaired) electrons. The third-order valence-corrected chi connectivity index (χ3v) is 4.06. The van der Waals surface area contributed by atoms with Crippen molar-refractivity contribution in [1.82, 2.24) is 10.2 Å². The molecule has 1 N–H and O–H groups in total. The Balaban J connectivity index is 2.17. The Morgan fingerprint density at radius 1 is 1.56 bits per heavy atom. The summed E-state index contributed by atoms with van der Waals surface area (Å²) in [5.41, 5.74) is 0. The molecule has 1 heterocycles. The van der Waals surface area contributed by atoms with Gasteiger partial charge in [-0.3, -0.25) is 4.90 Å². The first-order valence-corrected chi connectivity index (χ1v) is 7.42. The van der Waals surface area contributed by atoms with Crippen molar-refractivity contribution in [1.29, 1.82) is 0 Å². The number of piperidine rings is 1. The van der Waals surface area contributed by atoms with Gasteiger partial charge in [-0.25, -0.2) is 0 Å². The average molecular weight is 240 g/mol. The van der Waals surface area contributed by atoms with Crippen molar-refractivity contribution in [3.63, 3.8) is 0 Å². The first kappa shape index (κ1) is 13.9. The lowest BCUT2D eigenvalue weighted by molar-refractivity contribution is 0.145. The zero-order chi connectivity index (χ0) is 11.8. The first-order valence-electron chi connectivity index (χ1n) is 6.26. The summed E-state index contributed by atoms with van der Waals surface area (Å²) in [6.45, 7) is 8.04. The van der Waals surface area contributed by atoms with E-state index in [-0.39, 0.29) is 0 Å². The molecule has 1 rings (SSSR count). The summed E-state index contributed by atoms with van der Waals surface area (Å²) in [5, 5.41) is 3.55. The lowest BCUT2D eigenvalue weighted by Gasteiger charge is -2.37. The second kappa shape index (κ2) is 8.00. The molecule has 0 aromatic carbocycles. The highest BCUT2D eigenvalue weighted by atomic mass is 32.2. The minimum absolute atomic E-state index is 0.712. The molecule has 2 unspecified atom stereocenters. The molecule has 2 nitrogen and oxygen atoms in total. The van der Waals surface area contributed by atoms with Crippen LogP contribution in [0.4, 0.5) is 0 Å². The molecule has 0 aromatic rings. The van der Waals surface area contributed by atoms with Crippen LogP contribution in [-0.4, -0.2) is 48.1 Å². The highest BCUT2D eigenvalue weighted by molar-refractivity contribution is 7.99. The Bertz CT molecular complexity index is 224. The monoisotopic (exact) mass is 240 g/mol. The Labute approximate surface area is 105 Å². The van der Waals surface area contributed by atoms with Gasteiger partial charge in [0, 0.05) is 24.4 Å². The fraction of sp³-hybridized carbons (Fsp3) is 0.846. The number of terminal acetylenes is 1. The molecule has 0 aromatic heterocycles. The van der Waals surface area contributed by atoms with Crippen molar-refractivity contribution in [2.24, 2.45) is 0 Å². The SMILES string of the molecule is C#CCSCCN1CCC(NCC)CC1C. The van der Waals surface area contributed by atoms with E-state index in [2.05, 4.69) is 30.0 Å². The van der Waals surface area contributed by atoms with Crippen LogP contribution < -0.4 is 5.32 Å². The van der Waals surface area contributed by atoms with E-state index in [1.807, 2.05) is 11.8 Å². The summed E-state index contributed by atoms with van der Waals surface area (Å²) < 4.78 is 0. The average Bonchev–Trinajstić information content (AvgIpc) is 2.27. The van der Waals surface area contributed by atoms with Crippen LogP contribution in [0.3, 0.4) is 0 Å². The van der Waals surface area contributed by atoms with Crippen LogP contribution in [0.25, 0.3) is 0 Å². The standard InChI is InChI=1S/C13H24N2S/c1-4-9-16-10-8-15-7-6-13(14-5-2)11-12(15)3/h1,12-14H,5-11H2,2-3H3. The van der Waals surface area contributed by atoms with Gasteiger partial charge in [0.1, 0.15) is 0 Å². The number of thioether (sulfide) groups is 1. The predicted molar refractivity (Wildman–Crippen MR) is 73.9 cm³/mol. The molecule has 0 bridgehead atoms. The van der Waals surface area contributed by atoms with Gasteiger partial charge in [-0.05, 0) is 32.9 Å². The zero-order valence-electron chi connectivity index (χ0n) is 10.5. The van der Waals surface area contributed by atoms with Crippen LogP contribution in [-0.2, 0) is 0 Å². The minimum atomic E-state index is 0.712. The summed E-state index contributed by atoms with van der Waals surface area (Å²) in [4.78, 5) is 2.59. The van der Waals surface area contributed by atoms with E-state index >= 15 is 0 Å². The third kappa shape index (κ3) is 4.78. The van der Waals surface area contributed by atoms with Gasteiger partial charge in [0.2, 0.25) is 0 Å². The van der Waals surface area contributed by atoms with E-state index in [1.54, 1.807) is 0 Å². The van der Waals surface area contributed by atoms with E-state index in [9.17, 15) is 0 Å². The van der Waals surface area contributed by atoms with Crippen molar-refractivity contribution in [2.75, 3.05) is 31.1 Å². The summed E-state index contributed by atoms with van der Waals surface area (Å²) >= 11 is 1.87. The molecule has 1 fully saturated rings. The summed E-state index contributed by atoms with van der Waals surface area (Å²) in [7, 11) is 0. The molecule has 2 atom stereocenters. The van der Waals surface area contributed by atoms with Crippen molar-refractivity contribution in [3.8, 4) is 12.3 Å². The minimum Gasteiger partial charge on any atom is -0.314 e. The van der Waals surface area contributed by atoms with Gasteiger partial charge in [0.15, 0.2) is 0 Å². The number of nitrogens with zero attached hydrogens (tertiary/aromatic N) is 1. The Morgan fingerprint density at radius 3 is 3.00 bits per heavy atom. The number of nitrogens with one attached hydrogen (secondary N) is 1. The number of likely N-dealkylation sites (tertiary alicyclic amines) is 1. The lowest BCUT2D eigenvalue weighted by atomic mass is 9.98. The molecule has 1 aliphatic heterocycles. The third-order valence-electron chi connectivity index (χ3n) is 3.21. The van der Waals surface area contributed by atoms with Gasteiger partial charge < -0.3 is 5.32 Å². The second-order valence-electron chi connectivity index (χ2n) is 4.42. The molecule has 1 aliphatic rings. The largest absolute Gasteiger partial charge is 0.314 e. The van der Waals surface area contributed by atoms with Crippen LogP contribution in [0.2, 0.25) is 0 Å². The van der Waals surface area contributed by atoms with Gasteiger partial charge in [-0.1, -0.05) is 12.8 Å². The molecule has 0 aliphatic carbocycles. The van der Waals surface area contributed by atoms with E-state index in [0.29, 0.717) is 6.04 Å². The summed E-state index contributed by atoms with van der Waals surface area (Å²) in [5.74, 6) is 4.69. The summed E-state index contributed by atoms with van der Waals surface area (Å²) in [6.07, 6.45) is 7.81. The number of hydrogen-bond donors (Lipinski definition) is 1. The van der Waals surface area contributed by atoms with E-state index < -0.39 is 0 Å². The molecule has 16 heavy (non-hydrogen) atoms. The molecule has 0 amide bonds. The van der Waals surface area contributed by atoms with E-state index in [4.69, 9.17) is 6.42 Å². The van der Waals surface area contributed by atoms with E-state index in [0.717, 1.165) is 18.3 Å². The topological polar surface area (TPSA) is 15.3 Å². The van der Waals surface area contributed by atoms with Crippen LogP contribution >= 0.6 is 11.8 Å². The van der Waals surface area contributed by atoms with Gasteiger partial charge in [0.05, 0.1) is 5.75 Å². The maximum atomic E-state index is 5.23. The van der Waals surface area contributed by atoms with Crippen molar-refractivity contribution < 1.29 is 0 Å². The maximum absolute atomic E-state index is 5.23. The van der Waals surface area contributed by atoms with Gasteiger partial charge >= 0.3 is 0 Å². The maximum Gasteiger partial charge on any atom is 0.0545 e. The fourth-order valence-electron chi connectivity index (χ4n) is 2.34. The fourth-order valence-corrected chi connectivity index (χ4v) is 2.97. The Hall–Kier alpha value is -0.170. The molecule has 92 valence electrons. The normalized spacial score (nSPS) is 26.6. The van der Waals surface area contributed by atoms with Gasteiger partial charge in [0.25, 0.3) is 0 Å².